The van der Waals surface area contributed by atoms with Gasteiger partial charge in [0.05, 0.1) is 23.4 Å². The lowest BCUT2D eigenvalue weighted by Gasteiger charge is -2.35. The minimum atomic E-state index is -0.400. The standard InChI is InChI=1S/C22H26N4O3/c1-15-10-16(2)14-26(13-15)22(29)18-7-3-4-8-19(18)25-20(27)12-24-21(28)17-6-5-9-23-11-17/h3-9,11,15-16H,10,12-14H2,1-2H3,(H,24,28)(H,25,27)/t15-,16+. The summed E-state index contributed by atoms with van der Waals surface area (Å²) in [7, 11) is 0. The first-order valence-electron chi connectivity index (χ1n) is 9.80. The average molecular weight is 394 g/mol. The van der Waals surface area contributed by atoms with Crippen LogP contribution in [0, 0.1) is 11.8 Å². The maximum Gasteiger partial charge on any atom is 0.255 e. The summed E-state index contributed by atoms with van der Waals surface area (Å²) in [6, 6.07) is 10.2. The maximum absolute atomic E-state index is 13.0. The van der Waals surface area contributed by atoms with E-state index in [1.54, 1.807) is 42.6 Å². The summed E-state index contributed by atoms with van der Waals surface area (Å²) in [4.78, 5) is 43.2. The number of carbonyl (C=O) groups is 3. The number of aromatic nitrogens is 1. The van der Waals surface area contributed by atoms with E-state index in [2.05, 4.69) is 29.5 Å². The monoisotopic (exact) mass is 394 g/mol. The van der Waals surface area contributed by atoms with Gasteiger partial charge < -0.3 is 15.5 Å². The van der Waals surface area contributed by atoms with Crippen LogP contribution in [0.3, 0.4) is 0 Å². The number of benzene rings is 1. The zero-order valence-corrected chi connectivity index (χ0v) is 16.7. The van der Waals surface area contributed by atoms with Crippen LogP contribution in [-0.2, 0) is 4.79 Å². The number of anilines is 1. The highest BCUT2D eigenvalue weighted by molar-refractivity contribution is 6.05. The Hall–Kier alpha value is -3.22. The van der Waals surface area contributed by atoms with Crippen LogP contribution in [0.5, 0.6) is 0 Å². The number of carbonyl (C=O) groups excluding carboxylic acids is 3. The molecule has 7 heteroatoms. The van der Waals surface area contributed by atoms with Crippen molar-refractivity contribution in [1.82, 2.24) is 15.2 Å². The molecule has 1 aliphatic rings. The van der Waals surface area contributed by atoms with Crippen molar-refractivity contribution in [1.29, 1.82) is 0 Å². The predicted molar refractivity (Wildman–Crippen MR) is 110 cm³/mol. The van der Waals surface area contributed by atoms with Gasteiger partial charge in [0, 0.05) is 25.5 Å². The van der Waals surface area contributed by atoms with Crippen LogP contribution in [0.25, 0.3) is 0 Å². The molecule has 0 bridgehead atoms. The molecule has 2 atom stereocenters. The molecule has 1 saturated heterocycles. The molecule has 2 N–H and O–H groups in total. The zero-order valence-electron chi connectivity index (χ0n) is 16.7. The molecular weight excluding hydrogens is 368 g/mol. The van der Waals surface area contributed by atoms with E-state index >= 15 is 0 Å². The smallest absolute Gasteiger partial charge is 0.255 e. The first-order chi connectivity index (χ1) is 13.9. The summed E-state index contributed by atoms with van der Waals surface area (Å²) in [5.74, 6) is 0.0368. The van der Waals surface area contributed by atoms with E-state index in [0.717, 1.165) is 6.42 Å². The number of amides is 3. The third-order valence-corrected chi connectivity index (χ3v) is 4.92. The number of hydrogen-bond acceptors (Lipinski definition) is 4. The van der Waals surface area contributed by atoms with Gasteiger partial charge in [-0.05, 0) is 42.5 Å². The molecule has 0 radical (unpaired) electrons. The lowest BCUT2D eigenvalue weighted by molar-refractivity contribution is -0.115. The summed E-state index contributed by atoms with van der Waals surface area (Å²) in [5.41, 5.74) is 1.29. The Morgan fingerprint density at radius 3 is 2.48 bits per heavy atom. The number of pyridine rings is 1. The summed E-state index contributed by atoms with van der Waals surface area (Å²) in [6.45, 7) is 5.52. The molecule has 0 spiro atoms. The van der Waals surface area contributed by atoms with Crippen LogP contribution in [0.4, 0.5) is 5.69 Å². The third kappa shape index (κ3) is 5.40. The molecule has 1 aliphatic heterocycles. The summed E-state index contributed by atoms with van der Waals surface area (Å²) >= 11 is 0. The topological polar surface area (TPSA) is 91.4 Å². The molecule has 2 aromatic rings. The van der Waals surface area contributed by atoms with E-state index in [1.807, 2.05) is 4.90 Å². The van der Waals surface area contributed by atoms with Gasteiger partial charge in [0.1, 0.15) is 0 Å². The molecule has 0 saturated carbocycles. The van der Waals surface area contributed by atoms with Crippen LogP contribution in [0.1, 0.15) is 41.0 Å². The Kier molecular flexibility index (Phi) is 6.59. The Bertz CT molecular complexity index is 875. The van der Waals surface area contributed by atoms with Gasteiger partial charge in [-0.1, -0.05) is 26.0 Å². The minimum Gasteiger partial charge on any atom is -0.343 e. The SMILES string of the molecule is C[C@@H]1C[C@H](C)CN(C(=O)c2ccccc2NC(=O)CNC(=O)c2cccnc2)C1. The fourth-order valence-corrected chi connectivity index (χ4v) is 3.73. The lowest BCUT2D eigenvalue weighted by atomic mass is 9.91. The van der Waals surface area contributed by atoms with E-state index in [1.165, 1.54) is 6.20 Å². The number of rotatable bonds is 5. The summed E-state index contributed by atoms with van der Waals surface area (Å²) in [5, 5.41) is 5.30. The lowest BCUT2D eigenvalue weighted by Crippen LogP contribution is -2.43. The van der Waals surface area contributed by atoms with Crippen molar-refractivity contribution in [2.75, 3.05) is 25.0 Å². The highest BCUT2D eigenvalue weighted by Crippen LogP contribution is 2.24. The van der Waals surface area contributed by atoms with Crippen LogP contribution >= 0.6 is 0 Å². The molecule has 152 valence electrons. The molecular formula is C22H26N4O3. The van der Waals surface area contributed by atoms with Gasteiger partial charge in [-0.25, -0.2) is 0 Å². The normalized spacial score (nSPS) is 18.8. The highest BCUT2D eigenvalue weighted by Gasteiger charge is 2.27. The number of piperidine rings is 1. The fraction of sp³-hybridized carbons (Fsp3) is 0.364. The molecule has 1 aromatic carbocycles. The molecule has 7 nitrogen and oxygen atoms in total. The van der Waals surface area contributed by atoms with Gasteiger partial charge in [-0.15, -0.1) is 0 Å². The second-order valence-corrected chi connectivity index (χ2v) is 7.67. The van der Waals surface area contributed by atoms with Crippen molar-refractivity contribution in [2.45, 2.75) is 20.3 Å². The average Bonchev–Trinajstić information content (AvgIpc) is 2.72. The Labute approximate surface area is 170 Å². The quantitative estimate of drug-likeness (QED) is 0.815. The second-order valence-electron chi connectivity index (χ2n) is 7.67. The van der Waals surface area contributed by atoms with E-state index in [9.17, 15) is 14.4 Å². The Morgan fingerprint density at radius 1 is 1.07 bits per heavy atom. The van der Waals surface area contributed by atoms with Gasteiger partial charge in [-0.2, -0.15) is 0 Å². The van der Waals surface area contributed by atoms with Crippen molar-refractivity contribution < 1.29 is 14.4 Å². The molecule has 3 amide bonds. The minimum absolute atomic E-state index is 0.0845. The molecule has 1 fully saturated rings. The van der Waals surface area contributed by atoms with Gasteiger partial charge >= 0.3 is 0 Å². The molecule has 3 rings (SSSR count). The van der Waals surface area contributed by atoms with Gasteiger partial charge in [0.25, 0.3) is 11.8 Å². The van der Waals surface area contributed by atoms with Crippen molar-refractivity contribution in [2.24, 2.45) is 11.8 Å². The van der Waals surface area contributed by atoms with E-state index in [4.69, 9.17) is 0 Å². The number of hydrogen-bond donors (Lipinski definition) is 2. The van der Waals surface area contributed by atoms with E-state index < -0.39 is 5.91 Å². The number of nitrogens with zero attached hydrogens (tertiary/aromatic N) is 2. The van der Waals surface area contributed by atoms with Crippen LogP contribution < -0.4 is 10.6 Å². The van der Waals surface area contributed by atoms with Crippen molar-refractivity contribution in [3.05, 3.63) is 59.9 Å². The number of nitrogens with one attached hydrogen (secondary N) is 2. The van der Waals surface area contributed by atoms with E-state index in [-0.39, 0.29) is 18.4 Å². The van der Waals surface area contributed by atoms with E-state index in [0.29, 0.717) is 41.7 Å². The number of likely N-dealkylation sites (tertiary alicyclic amines) is 1. The van der Waals surface area contributed by atoms with Crippen LogP contribution in [0.15, 0.2) is 48.8 Å². The molecule has 29 heavy (non-hydrogen) atoms. The fourth-order valence-electron chi connectivity index (χ4n) is 3.73. The van der Waals surface area contributed by atoms with Crippen LogP contribution in [0.2, 0.25) is 0 Å². The van der Waals surface area contributed by atoms with Crippen molar-refractivity contribution in [3.63, 3.8) is 0 Å². The molecule has 2 heterocycles. The highest BCUT2D eigenvalue weighted by atomic mass is 16.2. The van der Waals surface area contributed by atoms with Crippen LogP contribution in [-0.4, -0.2) is 47.2 Å². The first kappa shape index (κ1) is 20.5. The summed E-state index contributed by atoms with van der Waals surface area (Å²) < 4.78 is 0. The first-order valence-corrected chi connectivity index (χ1v) is 9.80. The second kappa shape index (κ2) is 9.32. The van der Waals surface area contributed by atoms with Gasteiger partial charge in [0.15, 0.2) is 0 Å². The van der Waals surface area contributed by atoms with Gasteiger partial charge in [-0.3, -0.25) is 19.4 Å². The van der Waals surface area contributed by atoms with Crippen molar-refractivity contribution in [3.8, 4) is 0 Å². The summed E-state index contributed by atoms with van der Waals surface area (Å²) in [6.07, 6.45) is 4.11. The number of para-hydroxylation sites is 1. The Balaban J connectivity index is 1.63. The molecule has 0 unspecified atom stereocenters. The maximum atomic E-state index is 13.0. The molecule has 0 aliphatic carbocycles. The Morgan fingerprint density at radius 2 is 1.79 bits per heavy atom. The van der Waals surface area contributed by atoms with Crippen molar-refractivity contribution >= 4 is 23.4 Å². The van der Waals surface area contributed by atoms with Gasteiger partial charge in [0.2, 0.25) is 5.91 Å². The third-order valence-electron chi connectivity index (χ3n) is 4.92. The zero-order chi connectivity index (χ0) is 20.8. The largest absolute Gasteiger partial charge is 0.343 e. The molecule has 1 aromatic heterocycles. The predicted octanol–water partition coefficient (Wildman–Crippen LogP) is 2.57.